The highest BCUT2D eigenvalue weighted by Gasteiger charge is 2.25. The van der Waals surface area contributed by atoms with Crippen LogP contribution < -0.4 is 10.2 Å². The monoisotopic (exact) mass is 443 g/mol. The van der Waals surface area contributed by atoms with Gasteiger partial charge in [0.1, 0.15) is 0 Å². The van der Waals surface area contributed by atoms with Crippen molar-refractivity contribution in [3.05, 3.63) is 82.9 Å². The molecule has 0 saturated carbocycles. The standard InChI is InChI=1S/C26H25N3O2S/c1-17-7-8-18(2)22(15-17)28-11-13-29(14-12-28)26(31)19-9-10-24-21(16-19)27-25(30)20-5-3-4-6-23(20)32-24/h3-10,15-16H,11-14H2,1-2H3,(H,27,30). The number of aryl methyl sites for hydroxylation is 2. The summed E-state index contributed by atoms with van der Waals surface area (Å²) in [7, 11) is 0. The number of piperazine rings is 1. The van der Waals surface area contributed by atoms with Crippen molar-refractivity contribution in [3.63, 3.8) is 0 Å². The molecule has 2 aliphatic heterocycles. The molecule has 6 heteroatoms. The molecule has 2 aliphatic rings. The average Bonchev–Trinajstić information content (AvgIpc) is 2.95. The molecule has 5 rings (SSSR count). The van der Waals surface area contributed by atoms with E-state index in [-0.39, 0.29) is 11.8 Å². The Hall–Kier alpha value is -3.25. The third-order valence-corrected chi connectivity index (χ3v) is 7.25. The number of hydrogen-bond donors (Lipinski definition) is 1. The van der Waals surface area contributed by atoms with Gasteiger partial charge >= 0.3 is 0 Å². The zero-order valence-electron chi connectivity index (χ0n) is 18.2. The van der Waals surface area contributed by atoms with E-state index in [1.54, 1.807) is 11.8 Å². The fourth-order valence-electron chi connectivity index (χ4n) is 4.29. The number of nitrogens with zero attached hydrogens (tertiary/aromatic N) is 2. The Labute approximate surface area is 192 Å². The lowest BCUT2D eigenvalue weighted by Gasteiger charge is -2.37. The Morgan fingerprint density at radius 3 is 2.50 bits per heavy atom. The summed E-state index contributed by atoms with van der Waals surface area (Å²) in [5.74, 6) is -0.131. The summed E-state index contributed by atoms with van der Waals surface area (Å²) in [6.07, 6.45) is 0. The molecular formula is C26H25N3O2S. The molecule has 1 saturated heterocycles. The van der Waals surface area contributed by atoms with Crippen molar-refractivity contribution in [1.29, 1.82) is 0 Å². The summed E-state index contributed by atoms with van der Waals surface area (Å²) >= 11 is 1.55. The molecular weight excluding hydrogens is 418 g/mol. The molecule has 162 valence electrons. The summed E-state index contributed by atoms with van der Waals surface area (Å²) in [4.78, 5) is 32.0. The fraction of sp³-hybridized carbons (Fsp3) is 0.231. The number of carbonyl (C=O) groups excluding carboxylic acids is 2. The molecule has 5 nitrogen and oxygen atoms in total. The van der Waals surface area contributed by atoms with Gasteiger partial charge in [0.2, 0.25) is 0 Å². The van der Waals surface area contributed by atoms with E-state index in [0.717, 1.165) is 22.9 Å². The van der Waals surface area contributed by atoms with Gasteiger partial charge in [0.05, 0.1) is 11.3 Å². The summed E-state index contributed by atoms with van der Waals surface area (Å²) in [6, 6.07) is 19.7. The van der Waals surface area contributed by atoms with Crippen molar-refractivity contribution in [2.75, 3.05) is 36.4 Å². The normalized spacial score (nSPS) is 15.5. The maximum Gasteiger partial charge on any atom is 0.256 e. The van der Waals surface area contributed by atoms with Gasteiger partial charge in [-0.2, -0.15) is 0 Å². The van der Waals surface area contributed by atoms with Gasteiger partial charge in [-0.15, -0.1) is 0 Å². The lowest BCUT2D eigenvalue weighted by molar-refractivity contribution is 0.0746. The molecule has 3 aromatic carbocycles. The second kappa shape index (κ2) is 8.36. The summed E-state index contributed by atoms with van der Waals surface area (Å²) in [6.45, 7) is 7.21. The first-order chi connectivity index (χ1) is 15.5. The van der Waals surface area contributed by atoms with E-state index in [9.17, 15) is 9.59 Å². The Bertz CT molecular complexity index is 1220. The fourth-order valence-corrected chi connectivity index (χ4v) is 5.30. The van der Waals surface area contributed by atoms with Crippen LogP contribution in [-0.2, 0) is 0 Å². The first-order valence-electron chi connectivity index (χ1n) is 10.8. The molecule has 0 atom stereocenters. The zero-order valence-corrected chi connectivity index (χ0v) is 19.0. The van der Waals surface area contributed by atoms with Crippen LogP contribution in [0.4, 0.5) is 11.4 Å². The average molecular weight is 444 g/mol. The van der Waals surface area contributed by atoms with E-state index in [2.05, 4.69) is 42.3 Å². The van der Waals surface area contributed by atoms with Crippen molar-refractivity contribution in [1.82, 2.24) is 4.90 Å². The van der Waals surface area contributed by atoms with Gasteiger partial charge in [-0.05, 0) is 61.4 Å². The van der Waals surface area contributed by atoms with Crippen LogP contribution in [-0.4, -0.2) is 42.9 Å². The maximum atomic E-state index is 13.2. The number of fused-ring (bicyclic) bond motifs is 2. The summed E-state index contributed by atoms with van der Waals surface area (Å²) in [5.41, 5.74) is 5.71. The maximum absolute atomic E-state index is 13.2. The molecule has 0 aliphatic carbocycles. The molecule has 0 spiro atoms. The van der Waals surface area contributed by atoms with E-state index < -0.39 is 0 Å². The van der Waals surface area contributed by atoms with E-state index in [1.165, 1.54) is 16.8 Å². The molecule has 0 aromatic heterocycles. The highest BCUT2D eigenvalue weighted by atomic mass is 32.2. The zero-order chi connectivity index (χ0) is 22.2. The van der Waals surface area contributed by atoms with Crippen LogP contribution in [0.25, 0.3) is 0 Å². The Morgan fingerprint density at radius 2 is 1.69 bits per heavy atom. The number of amides is 2. The second-order valence-corrected chi connectivity index (χ2v) is 9.42. The van der Waals surface area contributed by atoms with Crippen LogP contribution in [0.3, 0.4) is 0 Å². The smallest absolute Gasteiger partial charge is 0.256 e. The molecule has 1 fully saturated rings. The molecule has 3 aromatic rings. The van der Waals surface area contributed by atoms with Crippen LogP contribution in [0.5, 0.6) is 0 Å². The first kappa shape index (κ1) is 20.6. The van der Waals surface area contributed by atoms with Gasteiger partial charge < -0.3 is 15.1 Å². The molecule has 1 N–H and O–H groups in total. The second-order valence-electron chi connectivity index (χ2n) is 8.33. The minimum Gasteiger partial charge on any atom is -0.368 e. The van der Waals surface area contributed by atoms with Crippen LogP contribution in [0.1, 0.15) is 31.8 Å². The van der Waals surface area contributed by atoms with Gasteiger partial charge in [0, 0.05) is 47.2 Å². The van der Waals surface area contributed by atoms with Gasteiger partial charge in [0.25, 0.3) is 11.8 Å². The van der Waals surface area contributed by atoms with Gasteiger partial charge in [-0.25, -0.2) is 0 Å². The van der Waals surface area contributed by atoms with Gasteiger partial charge in [-0.1, -0.05) is 36.0 Å². The largest absolute Gasteiger partial charge is 0.368 e. The van der Waals surface area contributed by atoms with E-state index in [4.69, 9.17) is 0 Å². The Morgan fingerprint density at radius 1 is 0.906 bits per heavy atom. The van der Waals surface area contributed by atoms with Crippen molar-refractivity contribution in [2.24, 2.45) is 0 Å². The van der Waals surface area contributed by atoms with E-state index >= 15 is 0 Å². The third-order valence-electron chi connectivity index (χ3n) is 6.10. The number of nitrogens with one attached hydrogen (secondary N) is 1. The number of anilines is 2. The van der Waals surface area contributed by atoms with Gasteiger partial charge in [-0.3, -0.25) is 9.59 Å². The highest BCUT2D eigenvalue weighted by molar-refractivity contribution is 7.99. The highest BCUT2D eigenvalue weighted by Crippen LogP contribution is 2.39. The predicted octanol–water partition coefficient (Wildman–Crippen LogP) is 4.98. The predicted molar refractivity (Wildman–Crippen MR) is 129 cm³/mol. The van der Waals surface area contributed by atoms with E-state index in [1.807, 2.05) is 47.4 Å². The van der Waals surface area contributed by atoms with Crippen LogP contribution >= 0.6 is 11.8 Å². The lowest BCUT2D eigenvalue weighted by Crippen LogP contribution is -2.49. The van der Waals surface area contributed by atoms with Crippen LogP contribution in [0, 0.1) is 13.8 Å². The number of carbonyl (C=O) groups is 2. The summed E-state index contributed by atoms with van der Waals surface area (Å²) in [5, 5.41) is 2.98. The molecule has 2 heterocycles. The van der Waals surface area contributed by atoms with Crippen molar-refractivity contribution in [3.8, 4) is 0 Å². The SMILES string of the molecule is Cc1ccc(C)c(N2CCN(C(=O)c3ccc4c(c3)NC(=O)c3ccccc3S4)CC2)c1. The molecule has 0 bridgehead atoms. The number of rotatable bonds is 2. The molecule has 0 radical (unpaired) electrons. The summed E-state index contributed by atoms with van der Waals surface area (Å²) < 4.78 is 0. The Kier molecular flexibility index (Phi) is 5.39. The lowest BCUT2D eigenvalue weighted by atomic mass is 10.1. The van der Waals surface area contributed by atoms with Crippen molar-refractivity contribution < 1.29 is 9.59 Å². The first-order valence-corrected chi connectivity index (χ1v) is 11.6. The number of benzene rings is 3. The molecule has 32 heavy (non-hydrogen) atoms. The van der Waals surface area contributed by atoms with E-state index in [0.29, 0.717) is 29.9 Å². The minimum atomic E-state index is -0.140. The van der Waals surface area contributed by atoms with Crippen LogP contribution in [0.15, 0.2) is 70.5 Å². The topological polar surface area (TPSA) is 52.6 Å². The minimum absolute atomic E-state index is 0.00873. The third kappa shape index (κ3) is 3.86. The van der Waals surface area contributed by atoms with Gasteiger partial charge in [0.15, 0.2) is 0 Å². The molecule has 2 amide bonds. The van der Waals surface area contributed by atoms with Crippen molar-refractivity contribution >= 4 is 35.0 Å². The van der Waals surface area contributed by atoms with Crippen LogP contribution in [0.2, 0.25) is 0 Å². The quantitative estimate of drug-likeness (QED) is 0.607. The number of hydrogen-bond acceptors (Lipinski definition) is 4. The Balaban J connectivity index is 1.32. The molecule has 0 unspecified atom stereocenters. The van der Waals surface area contributed by atoms with Crippen molar-refractivity contribution in [2.45, 2.75) is 23.6 Å².